The van der Waals surface area contributed by atoms with Crippen molar-refractivity contribution in [2.24, 2.45) is 17.8 Å². The maximum atomic E-state index is 12.5. The molecule has 0 aromatic carbocycles. The van der Waals surface area contributed by atoms with Crippen LogP contribution in [0.3, 0.4) is 0 Å². The van der Waals surface area contributed by atoms with Crippen molar-refractivity contribution in [1.29, 1.82) is 0 Å². The summed E-state index contributed by atoms with van der Waals surface area (Å²) >= 11 is 0. The lowest BCUT2D eigenvalue weighted by atomic mass is 9.80. The molecule has 4 fully saturated rings. The van der Waals surface area contributed by atoms with E-state index in [2.05, 4.69) is 10.2 Å². The molecule has 3 nitrogen and oxygen atoms in total. The zero-order chi connectivity index (χ0) is 10.7. The lowest BCUT2D eigenvalue weighted by Crippen LogP contribution is -2.65. The smallest absolute Gasteiger partial charge is 0.228 e. The van der Waals surface area contributed by atoms with Gasteiger partial charge in [-0.05, 0) is 50.4 Å². The number of nitrogens with zero attached hydrogens (tertiary/aromatic N) is 1. The zero-order valence-electron chi connectivity index (χ0n) is 9.69. The van der Waals surface area contributed by atoms with Crippen LogP contribution < -0.4 is 5.32 Å². The van der Waals surface area contributed by atoms with Crippen LogP contribution in [0.25, 0.3) is 0 Å². The molecule has 2 bridgehead atoms. The minimum absolute atomic E-state index is 0.341. The van der Waals surface area contributed by atoms with Crippen LogP contribution in [0.2, 0.25) is 0 Å². The van der Waals surface area contributed by atoms with Crippen LogP contribution in [0.5, 0.6) is 0 Å². The predicted molar refractivity (Wildman–Crippen MR) is 60.6 cm³/mol. The fraction of sp³-hybridized carbons (Fsp3) is 0.923. The molecule has 2 saturated heterocycles. The highest BCUT2D eigenvalue weighted by atomic mass is 16.2. The molecule has 0 spiro atoms. The van der Waals surface area contributed by atoms with Crippen LogP contribution >= 0.6 is 0 Å². The van der Waals surface area contributed by atoms with Gasteiger partial charge in [0.25, 0.3) is 0 Å². The second kappa shape index (κ2) is 3.22. The Hall–Kier alpha value is -0.570. The van der Waals surface area contributed by atoms with Gasteiger partial charge in [-0.1, -0.05) is 0 Å². The van der Waals surface area contributed by atoms with Gasteiger partial charge in [0.1, 0.15) is 0 Å². The van der Waals surface area contributed by atoms with E-state index in [0.29, 0.717) is 30.0 Å². The van der Waals surface area contributed by atoms with Gasteiger partial charge in [-0.3, -0.25) is 10.1 Å². The standard InChI is InChI=1S/C13H20N2O/c16-13-11-8-4-5-9(7-8)12(11)14-10-3-1-2-6-15(10)13/h8-12,14H,1-7H2/t8-,9+,10-,11+,12-/m0/s1. The van der Waals surface area contributed by atoms with E-state index in [-0.39, 0.29) is 0 Å². The number of amides is 1. The van der Waals surface area contributed by atoms with Crippen molar-refractivity contribution < 1.29 is 4.79 Å². The largest absolute Gasteiger partial charge is 0.327 e. The molecule has 0 aromatic heterocycles. The third-order valence-corrected chi connectivity index (χ3v) is 5.37. The third-order valence-electron chi connectivity index (χ3n) is 5.37. The minimum Gasteiger partial charge on any atom is -0.327 e. The fourth-order valence-corrected chi connectivity index (χ4v) is 4.67. The second-order valence-corrected chi connectivity index (χ2v) is 6.09. The Morgan fingerprint density at radius 2 is 2.00 bits per heavy atom. The zero-order valence-corrected chi connectivity index (χ0v) is 9.69. The summed E-state index contributed by atoms with van der Waals surface area (Å²) in [5, 5.41) is 3.78. The number of carbonyl (C=O) groups excluding carboxylic acids is 1. The molecule has 16 heavy (non-hydrogen) atoms. The van der Waals surface area contributed by atoms with Gasteiger partial charge in [-0.2, -0.15) is 0 Å². The van der Waals surface area contributed by atoms with Crippen LogP contribution in [-0.2, 0) is 4.79 Å². The first-order chi connectivity index (χ1) is 7.84. The van der Waals surface area contributed by atoms with Crippen molar-refractivity contribution in [2.45, 2.75) is 50.7 Å². The first kappa shape index (κ1) is 9.46. The van der Waals surface area contributed by atoms with Crippen molar-refractivity contribution in [2.75, 3.05) is 6.54 Å². The quantitative estimate of drug-likeness (QED) is 0.668. The molecule has 3 heteroatoms. The van der Waals surface area contributed by atoms with Gasteiger partial charge in [0, 0.05) is 12.6 Å². The predicted octanol–water partition coefficient (Wildman–Crippen LogP) is 1.34. The normalized spacial score (nSPS) is 50.4. The molecular formula is C13H20N2O. The Morgan fingerprint density at radius 3 is 2.94 bits per heavy atom. The number of fused-ring (bicyclic) bond motifs is 6. The van der Waals surface area contributed by atoms with E-state index in [9.17, 15) is 4.79 Å². The summed E-state index contributed by atoms with van der Waals surface area (Å²) in [5.74, 6) is 2.34. The number of carbonyl (C=O) groups is 1. The molecule has 0 aromatic rings. The lowest BCUT2D eigenvalue weighted by molar-refractivity contribution is -0.149. The molecule has 2 aliphatic heterocycles. The molecule has 5 atom stereocenters. The van der Waals surface area contributed by atoms with E-state index >= 15 is 0 Å². The number of hydrogen-bond donors (Lipinski definition) is 1. The Bertz CT molecular complexity index is 330. The monoisotopic (exact) mass is 220 g/mol. The maximum Gasteiger partial charge on any atom is 0.228 e. The van der Waals surface area contributed by atoms with Gasteiger partial charge in [0.05, 0.1) is 12.1 Å². The molecular weight excluding hydrogens is 200 g/mol. The molecule has 2 aliphatic carbocycles. The maximum absolute atomic E-state index is 12.5. The summed E-state index contributed by atoms with van der Waals surface area (Å²) in [7, 11) is 0. The molecule has 4 aliphatic rings. The molecule has 1 amide bonds. The van der Waals surface area contributed by atoms with Crippen molar-refractivity contribution in [3.63, 3.8) is 0 Å². The number of nitrogens with one attached hydrogen (secondary N) is 1. The summed E-state index contributed by atoms with van der Waals surface area (Å²) in [6.45, 7) is 0.997. The summed E-state index contributed by atoms with van der Waals surface area (Å²) in [4.78, 5) is 14.7. The van der Waals surface area contributed by atoms with Gasteiger partial charge in [-0.15, -0.1) is 0 Å². The molecule has 2 saturated carbocycles. The Labute approximate surface area is 96.6 Å². The first-order valence-corrected chi connectivity index (χ1v) is 6.91. The molecule has 2 heterocycles. The van der Waals surface area contributed by atoms with Crippen molar-refractivity contribution >= 4 is 5.91 Å². The van der Waals surface area contributed by atoms with Crippen molar-refractivity contribution in [3.05, 3.63) is 0 Å². The average Bonchev–Trinajstić information content (AvgIpc) is 2.90. The van der Waals surface area contributed by atoms with Gasteiger partial charge >= 0.3 is 0 Å². The van der Waals surface area contributed by atoms with Crippen LogP contribution in [0, 0.1) is 17.8 Å². The first-order valence-electron chi connectivity index (χ1n) is 6.91. The van der Waals surface area contributed by atoms with E-state index < -0.39 is 0 Å². The Morgan fingerprint density at radius 1 is 1.12 bits per heavy atom. The van der Waals surface area contributed by atoms with Crippen LogP contribution in [-0.4, -0.2) is 29.6 Å². The van der Waals surface area contributed by atoms with Gasteiger partial charge in [0.2, 0.25) is 5.91 Å². The Balaban J connectivity index is 1.65. The fourth-order valence-electron chi connectivity index (χ4n) is 4.67. The minimum atomic E-state index is 0.341. The van der Waals surface area contributed by atoms with E-state index in [1.807, 2.05) is 0 Å². The summed E-state index contributed by atoms with van der Waals surface area (Å²) in [5.41, 5.74) is 0. The highest BCUT2D eigenvalue weighted by Gasteiger charge is 2.55. The average molecular weight is 220 g/mol. The lowest BCUT2D eigenvalue weighted by Gasteiger charge is -2.48. The molecule has 4 rings (SSSR count). The van der Waals surface area contributed by atoms with E-state index in [0.717, 1.165) is 12.5 Å². The van der Waals surface area contributed by atoms with Gasteiger partial charge < -0.3 is 4.90 Å². The SMILES string of the molecule is O=C1[C@@H]2[C@H]3CC[C@H](C3)[C@@H]2N[C@@H]2CCCCN12. The highest BCUT2D eigenvalue weighted by molar-refractivity contribution is 5.82. The van der Waals surface area contributed by atoms with Crippen LogP contribution in [0.15, 0.2) is 0 Å². The van der Waals surface area contributed by atoms with Crippen molar-refractivity contribution in [3.8, 4) is 0 Å². The van der Waals surface area contributed by atoms with E-state index in [1.54, 1.807) is 0 Å². The third kappa shape index (κ3) is 1.10. The van der Waals surface area contributed by atoms with Crippen LogP contribution in [0.4, 0.5) is 0 Å². The molecule has 88 valence electrons. The number of rotatable bonds is 0. The second-order valence-electron chi connectivity index (χ2n) is 6.09. The molecule has 1 N–H and O–H groups in total. The summed E-state index contributed by atoms with van der Waals surface area (Å²) in [6, 6.07) is 0.533. The molecule has 0 unspecified atom stereocenters. The number of piperidine rings is 1. The van der Waals surface area contributed by atoms with E-state index in [4.69, 9.17) is 0 Å². The van der Waals surface area contributed by atoms with Crippen LogP contribution in [0.1, 0.15) is 38.5 Å². The highest BCUT2D eigenvalue weighted by Crippen LogP contribution is 2.51. The number of hydrogen-bond acceptors (Lipinski definition) is 2. The summed E-state index contributed by atoms with van der Waals surface area (Å²) in [6.07, 6.45) is 8.02. The topological polar surface area (TPSA) is 32.3 Å². The Kier molecular flexibility index (Phi) is 1.90. The summed E-state index contributed by atoms with van der Waals surface area (Å²) < 4.78 is 0. The van der Waals surface area contributed by atoms with Gasteiger partial charge in [0.15, 0.2) is 0 Å². The van der Waals surface area contributed by atoms with Crippen molar-refractivity contribution in [1.82, 2.24) is 10.2 Å². The van der Waals surface area contributed by atoms with E-state index in [1.165, 1.54) is 38.5 Å². The van der Waals surface area contributed by atoms with Gasteiger partial charge in [-0.25, -0.2) is 0 Å². The molecule has 0 radical (unpaired) electrons.